The van der Waals surface area contributed by atoms with Gasteiger partial charge >= 0.3 is 0 Å². The second-order valence-electron chi connectivity index (χ2n) is 7.85. The molecule has 6 nitrogen and oxygen atoms in total. The maximum Gasteiger partial charge on any atom is 0.253 e. The summed E-state index contributed by atoms with van der Waals surface area (Å²) in [6.07, 6.45) is 8.17. The van der Waals surface area contributed by atoms with E-state index in [1.165, 1.54) is 24.6 Å². The molecule has 28 heavy (non-hydrogen) atoms. The summed E-state index contributed by atoms with van der Waals surface area (Å²) in [4.78, 5) is 27.2. The number of benzene rings is 1. The number of nitrogens with zero attached hydrogens (tertiary/aromatic N) is 1. The average molecular weight is 427 g/mol. The maximum absolute atomic E-state index is 12.9. The second-order valence-corrected chi connectivity index (χ2v) is 10.2. The van der Waals surface area contributed by atoms with Crippen LogP contribution in [0.4, 0.5) is 0 Å². The van der Waals surface area contributed by atoms with Crippen LogP contribution in [0.15, 0.2) is 23.1 Å². The van der Waals surface area contributed by atoms with E-state index in [2.05, 4.69) is 5.32 Å². The van der Waals surface area contributed by atoms with Crippen LogP contribution in [-0.2, 0) is 14.6 Å². The molecule has 0 spiro atoms. The van der Waals surface area contributed by atoms with E-state index in [9.17, 15) is 18.0 Å². The monoisotopic (exact) mass is 426 g/mol. The van der Waals surface area contributed by atoms with Gasteiger partial charge in [-0.25, -0.2) is 8.42 Å². The molecule has 3 rings (SSSR count). The summed E-state index contributed by atoms with van der Waals surface area (Å²) in [6.45, 7) is 0.914. The summed E-state index contributed by atoms with van der Waals surface area (Å²) >= 11 is 5.97. The number of piperidine rings is 1. The number of carbonyl (C=O) groups is 2. The minimum atomic E-state index is -3.53. The molecule has 1 aromatic rings. The van der Waals surface area contributed by atoms with E-state index in [-0.39, 0.29) is 39.3 Å². The summed E-state index contributed by atoms with van der Waals surface area (Å²) in [5.41, 5.74) is 0.276. The fourth-order valence-corrected chi connectivity index (χ4v) is 5.35. The summed E-state index contributed by atoms with van der Waals surface area (Å²) in [7, 11) is -3.53. The first kappa shape index (κ1) is 21.1. The molecule has 2 aliphatic rings. The Morgan fingerprint density at radius 3 is 2.50 bits per heavy atom. The van der Waals surface area contributed by atoms with Crippen molar-refractivity contribution in [1.29, 1.82) is 0 Å². The van der Waals surface area contributed by atoms with Crippen LogP contribution in [0, 0.1) is 5.92 Å². The molecule has 8 heteroatoms. The fourth-order valence-electron chi connectivity index (χ4n) is 4.04. The maximum atomic E-state index is 12.9. The summed E-state index contributed by atoms with van der Waals surface area (Å²) in [5.74, 6) is -0.463. The van der Waals surface area contributed by atoms with Gasteiger partial charge in [0.2, 0.25) is 5.91 Å². The Hall–Kier alpha value is -1.60. The van der Waals surface area contributed by atoms with E-state index >= 15 is 0 Å². The Bertz CT molecular complexity index is 850. The van der Waals surface area contributed by atoms with Crippen molar-refractivity contribution in [1.82, 2.24) is 10.2 Å². The van der Waals surface area contributed by atoms with E-state index in [4.69, 9.17) is 11.6 Å². The number of hydrogen-bond acceptors (Lipinski definition) is 4. The third-order valence-corrected chi connectivity index (χ3v) is 7.19. The van der Waals surface area contributed by atoms with Gasteiger partial charge in [0.05, 0.1) is 15.8 Å². The number of halogens is 1. The Morgan fingerprint density at radius 2 is 1.82 bits per heavy atom. The minimum Gasteiger partial charge on any atom is -0.353 e. The van der Waals surface area contributed by atoms with E-state index in [0.717, 1.165) is 44.8 Å². The Balaban J connectivity index is 1.68. The number of nitrogens with one attached hydrogen (secondary N) is 1. The fraction of sp³-hybridized carbons (Fsp3) is 0.600. The van der Waals surface area contributed by atoms with E-state index < -0.39 is 9.84 Å². The molecule has 0 aromatic heterocycles. The molecule has 0 bridgehead atoms. The molecular weight excluding hydrogens is 400 g/mol. The molecule has 1 atom stereocenters. The van der Waals surface area contributed by atoms with Gasteiger partial charge in [-0.2, -0.15) is 0 Å². The summed E-state index contributed by atoms with van der Waals surface area (Å²) in [6, 6.07) is 4.54. The van der Waals surface area contributed by atoms with Crippen LogP contribution in [0.3, 0.4) is 0 Å². The molecule has 1 heterocycles. The van der Waals surface area contributed by atoms with Crippen molar-refractivity contribution < 1.29 is 18.0 Å². The highest BCUT2D eigenvalue weighted by Crippen LogP contribution is 2.25. The zero-order chi connectivity index (χ0) is 20.3. The zero-order valence-corrected chi connectivity index (χ0v) is 17.7. The van der Waals surface area contributed by atoms with Crippen molar-refractivity contribution in [2.75, 3.05) is 19.3 Å². The Labute approximate surface area is 171 Å². The number of sulfone groups is 1. The zero-order valence-electron chi connectivity index (χ0n) is 16.1. The van der Waals surface area contributed by atoms with Gasteiger partial charge in [0.25, 0.3) is 5.91 Å². The summed E-state index contributed by atoms with van der Waals surface area (Å²) in [5, 5.41) is 3.25. The Morgan fingerprint density at radius 1 is 1.11 bits per heavy atom. The van der Waals surface area contributed by atoms with Crippen LogP contribution in [0.1, 0.15) is 55.3 Å². The first-order chi connectivity index (χ1) is 13.3. The third kappa shape index (κ3) is 5.06. The lowest BCUT2D eigenvalue weighted by atomic mass is 9.93. The van der Waals surface area contributed by atoms with Gasteiger partial charge in [0.15, 0.2) is 9.84 Å². The molecule has 0 radical (unpaired) electrons. The smallest absolute Gasteiger partial charge is 0.253 e. The lowest BCUT2D eigenvalue weighted by Gasteiger charge is -2.33. The molecule has 1 saturated heterocycles. The van der Waals surface area contributed by atoms with E-state index in [1.54, 1.807) is 4.90 Å². The van der Waals surface area contributed by atoms with Crippen LogP contribution in [0.2, 0.25) is 5.02 Å². The van der Waals surface area contributed by atoms with Crippen molar-refractivity contribution in [2.45, 2.75) is 55.9 Å². The standard InChI is InChI=1S/C20H27ClN2O4S/c1-28(26,27)18-12-14(9-10-17(18)21)20(25)23-11-5-6-15(13-23)19(24)22-16-7-3-2-4-8-16/h9-10,12,15-16H,2-8,11,13H2,1H3,(H,22,24). The molecule has 1 aliphatic heterocycles. The van der Waals surface area contributed by atoms with Gasteiger partial charge in [-0.3, -0.25) is 9.59 Å². The van der Waals surface area contributed by atoms with Gasteiger partial charge in [0.1, 0.15) is 0 Å². The van der Waals surface area contributed by atoms with Gasteiger partial charge in [-0.15, -0.1) is 0 Å². The number of carbonyl (C=O) groups excluding carboxylic acids is 2. The lowest BCUT2D eigenvalue weighted by Crippen LogP contribution is -2.48. The predicted octanol–water partition coefficient (Wildman–Crippen LogP) is 3.04. The van der Waals surface area contributed by atoms with Crippen LogP contribution in [-0.4, -0.2) is 50.5 Å². The van der Waals surface area contributed by atoms with Crippen LogP contribution in [0.5, 0.6) is 0 Å². The van der Waals surface area contributed by atoms with Crippen molar-refractivity contribution in [3.63, 3.8) is 0 Å². The minimum absolute atomic E-state index is 0.0253. The van der Waals surface area contributed by atoms with Crippen molar-refractivity contribution >= 4 is 33.3 Å². The molecule has 1 unspecified atom stereocenters. The van der Waals surface area contributed by atoms with Gasteiger partial charge in [0, 0.05) is 31.0 Å². The van der Waals surface area contributed by atoms with Crippen molar-refractivity contribution in [3.05, 3.63) is 28.8 Å². The van der Waals surface area contributed by atoms with E-state index in [1.807, 2.05) is 0 Å². The molecular formula is C20H27ClN2O4S. The third-order valence-electron chi connectivity index (χ3n) is 5.61. The second kappa shape index (κ2) is 8.82. The number of amides is 2. The van der Waals surface area contributed by atoms with Gasteiger partial charge in [-0.05, 0) is 43.9 Å². The highest BCUT2D eigenvalue weighted by Gasteiger charge is 2.30. The van der Waals surface area contributed by atoms with Crippen molar-refractivity contribution in [2.24, 2.45) is 5.92 Å². The first-order valence-corrected chi connectivity index (χ1v) is 12.1. The van der Waals surface area contributed by atoms with Crippen LogP contribution in [0.25, 0.3) is 0 Å². The Kier molecular flexibility index (Phi) is 6.65. The molecule has 2 amide bonds. The average Bonchev–Trinajstić information content (AvgIpc) is 2.68. The molecule has 1 N–H and O–H groups in total. The largest absolute Gasteiger partial charge is 0.353 e. The van der Waals surface area contributed by atoms with Gasteiger partial charge < -0.3 is 10.2 Å². The van der Waals surface area contributed by atoms with E-state index in [0.29, 0.717) is 13.1 Å². The molecule has 2 fully saturated rings. The lowest BCUT2D eigenvalue weighted by molar-refractivity contribution is -0.127. The highest BCUT2D eigenvalue weighted by atomic mass is 35.5. The number of rotatable bonds is 4. The van der Waals surface area contributed by atoms with Gasteiger partial charge in [-0.1, -0.05) is 30.9 Å². The number of likely N-dealkylation sites (tertiary alicyclic amines) is 1. The topological polar surface area (TPSA) is 83.6 Å². The molecule has 154 valence electrons. The highest BCUT2D eigenvalue weighted by molar-refractivity contribution is 7.90. The first-order valence-electron chi connectivity index (χ1n) is 9.85. The molecule has 1 saturated carbocycles. The van der Waals surface area contributed by atoms with Crippen LogP contribution < -0.4 is 5.32 Å². The molecule has 1 aromatic carbocycles. The summed E-state index contributed by atoms with van der Waals surface area (Å²) < 4.78 is 23.7. The predicted molar refractivity (Wildman–Crippen MR) is 108 cm³/mol. The van der Waals surface area contributed by atoms with Crippen molar-refractivity contribution in [3.8, 4) is 0 Å². The normalized spacial score (nSPS) is 21.4. The quantitative estimate of drug-likeness (QED) is 0.801. The van der Waals surface area contributed by atoms with Crippen LogP contribution >= 0.6 is 11.6 Å². The molecule has 1 aliphatic carbocycles. The number of hydrogen-bond donors (Lipinski definition) is 1. The SMILES string of the molecule is CS(=O)(=O)c1cc(C(=O)N2CCCC(C(=O)NC3CCCCC3)C2)ccc1Cl.